The summed E-state index contributed by atoms with van der Waals surface area (Å²) in [5.41, 5.74) is 0.0912. The number of nitro benzene ring substituents is 1. The molecule has 8 nitrogen and oxygen atoms in total. The quantitative estimate of drug-likeness (QED) is 0.651. The first-order valence-electron chi connectivity index (χ1n) is 8.14. The number of carbonyl (C=O) groups excluding carboxylic acids is 2. The minimum atomic E-state index is -0.513. The molecule has 24 heavy (non-hydrogen) atoms. The van der Waals surface area contributed by atoms with Crippen molar-refractivity contribution in [3.05, 3.63) is 34.4 Å². The van der Waals surface area contributed by atoms with Crippen molar-refractivity contribution in [2.24, 2.45) is 5.92 Å². The highest BCUT2D eigenvalue weighted by atomic mass is 16.6. The highest BCUT2D eigenvalue weighted by Crippen LogP contribution is 2.26. The van der Waals surface area contributed by atoms with Crippen LogP contribution in [-0.2, 0) is 4.79 Å². The first kappa shape index (κ1) is 16.2. The van der Waals surface area contributed by atoms with Gasteiger partial charge in [-0.3, -0.25) is 14.9 Å². The van der Waals surface area contributed by atoms with Crippen LogP contribution in [0.4, 0.5) is 16.2 Å². The molecular weight excluding hydrogens is 312 g/mol. The molecule has 8 heteroatoms. The Balaban J connectivity index is 1.53. The highest BCUT2D eigenvalue weighted by Gasteiger charge is 2.31. The number of para-hydroxylation sites is 2. The first-order chi connectivity index (χ1) is 11.5. The summed E-state index contributed by atoms with van der Waals surface area (Å²) >= 11 is 0. The van der Waals surface area contributed by atoms with E-state index in [1.807, 2.05) is 0 Å². The zero-order valence-electron chi connectivity index (χ0n) is 13.2. The monoisotopic (exact) mass is 332 g/mol. The molecule has 1 heterocycles. The predicted octanol–water partition coefficient (Wildman–Crippen LogP) is 2.12. The van der Waals surface area contributed by atoms with Gasteiger partial charge in [-0.2, -0.15) is 0 Å². The van der Waals surface area contributed by atoms with Gasteiger partial charge in [0.25, 0.3) is 5.69 Å². The van der Waals surface area contributed by atoms with Crippen LogP contribution in [0, 0.1) is 16.0 Å². The van der Waals surface area contributed by atoms with E-state index in [4.69, 9.17) is 0 Å². The van der Waals surface area contributed by atoms with Crippen molar-refractivity contribution in [2.75, 3.05) is 18.4 Å². The predicted molar refractivity (Wildman–Crippen MR) is 87.6 cm³/mol. The van der Waals surface area contributed by atoms with Crippen molar-refractivity contribution in [1.29, 1.82) is 0 Å². The first-order valence-corrected chi connectivity index (χ1v) is 8.14. The minimum Gasteiger partial charge on any atom is -0.335 e. The number of anilines is 1. The Kier molecular flexibility index (Phi) is 4.64. The number of urea groups is 1. The second-order valence-electron chi connectivity index (χ2n) is 6.25. The molecule has 1 aromatic rings. The van der Waals surface area contributed by atoms with E-state index >= 15 is 0 Å². The lowest BCUT2D eigenvalue weighted by Crippen LogP contribution is -2.46. The number of hydrogen-bond acceptors (Lipinski definition) is 4. The summed E-state index contributed by atoms with van der Waals surface area (Å²) < 4.78 is 0. The van der Waals surface area contributed by atoms with Crippen LogP contribution in [0.2, 0.25) is 0 Å². The van der Waals surface area contributed by atoms with Crippen molar-refractivity contribution < 1.29 is 14.5 Å². The van der Waals surface area contributed by atoms with E-state index in [1.165, 1.54) is 12.1 Å². The number of piperidine rings is 1. The summed E-state index contributed by atoms with van der Waals surface area (Å²) in [6.07, 6.45) is 3.20. The molecule has 0 radical (unpaired) electrons. The van der Waals surface area contributed by atoms with Crippen molar-refractivity contribution in [1.82, 2.24) is 10.2 Å². The van der Waals surface area contributed by atoms with Gasteiger partial charge in [0.2, 0.25) is 5.91 Å². The average molecular weight is 332 g/mol. The third-order valence-electron chi connectivity index (χ3n) is 4.42. The molecule has 0 spiro atoms. The minimum absolute atomic E-state index is 0.0601. The molecule has 3 amide bonds. The van der Waals surface area contributed by atoms with Gasteiger partial charge in [-0.15, -0.1) is 0 Å². The number of benzene rings is 1. The Bertz CT molecular complexity index is 651. The number of hydrogen-bond donors (Lipinski definition) is 2. The second-order valence-corrected chi connectivity index (χ2v) is 6.25. The number of nitro groups is 1. The number of nitrogens with zero attached hydrogens (tertiary/aromatic N) is 2. The van der Waals surface area contributed by atoms with Gasteiger partial charge in [-0.25, -0.2) is 4.79 Å². The number of nitrogens with one attached hydrogen (secondary N) is 2. The highest BCUT2D eigenvalue weighted by molar-refractivity contribution is 5.94. The lowest BCUT2D eigenvalue weighted by atomic mass is 9.96. The molecule has 128 valence electrons. The third-order valence-corrected chi connectivity index (χ3v) is 4.42. The van der Waals surface area contributed by atoms with Crippen LogP contribution in [0.5, 0.6) is 0 Å². The maximum absolute atomic E-state index is 12.4. The summed E-state index contributed by atoms with van der Waals surface area (Å²) in [6, 6.07) is 6.35. The van der Waals surface area contributed by atoms with Crippen molar-refractivity contribution in [3.8, 4) is 0 Å². The molecule has 3 rings (SSSR count). The molecule has 0 aromatic heterocycles. The van der Waals surface area contributed by atoms with E-state index < -0.39 is 4.92 Å². The summed E-state index contributed by atoms with van der Waals surface area (Å²) in [6.45, 7) is 1.04. The second kappa shape index (κ2) is 6.86. The zero-order chi connectivity index (χ0) is 17.1. The van der Waals surface area contributed by atoms with Crippen LogP contribution in [0.1, 0.15) is 25.7 Å². The van der Waals surface area contributed by atoms with E-state index in [0.717, 1.165) is 12.8 Å². The van der Waals surface area contributed by atoms with Crippen molar-refractivity contribution in [2.45, 2.75) is 31.7 Å². The van der Waals surface area contributed by atoms with Crippen LogP contribution < -0.4 is 10.6 Å². The molecule has 1 saturated heterocycles. The lowest BCUT2D eigenvalue weighted by molar-refractivity contribution is -0.383. The Morgan fingerprint density at radius 1 is 1.12 bits per heavy atom. The summed E-state index contributed by atoms with van der Waals surface area (Å²) in [7, 11) is 0. The van der Waals surface area contributed by atoms with Gasteiger partial charge in [0.1, 0.15) is 5.69 Å². The smallest absolute Gasteiger partial charge is 0.317 e. The Morgan fingerprint density at radius 2 is 1.79 bits per heavy atom. The largest absolute Gasteiger partial charge is 0.335 e. The summed E-state index contributed by atoms with van der Waals surface area (Å²) in [5, 5.41) is 16.6. The fraction of sp³-hybridized carbons (Fsp3) is 0.500. The van der Waals surface area contributed by atoms with E-state index in [9.17, 15) is 19.7 Å². The van der Waals surface area contributed by atoms with Gasteiger partial charge in [0, 0.05) is 31.1 Å². The standard InChI is InChI=1S/C16H20N4O4/c21-15(18-13-3-1-2-4-14(13)20(23)24)11-7-9-19(10-8-11)16(22)17-12-5-6-12/h1-4,11-12H,5-10H2,(H,17,22)(H,18,21). The van der Waals surface area contributed by atoms with Gasteiger partial charge in [0.15, 0.2) is 0 Å². The number of carbonyl (C=O) groups is 2. The Hall–Kier alpha value is -2.64. The Labute approximate surface area is 139 Å². The van der Waals surface area contributed by atoms with Crippen molar-refractivity contribution >= 4 is 23.3 Å². The van der Waals surface area contributed by atoms with E-state index in [0.29, 0.717) is 32.0 Å². The van der Waals surface area contributed by atoms with Crippen molar-refractivity contribution in [3.63, 3.8) is 0 Å². The third kappa shape index (κ3) is 3.81. The van der Waals surface area contributed by atoms with E-state index in [-0.39, 0.29) is 29.2 Å². The zero-order valence-corrected chi connectivity index (χ0v) is 13.2. The van der Waals surface area contributed by atoms with Crippen LogP contribution in [0.25, 0.3) is 0 Å². The molecule has 2 aliphatic rings. The van der Waals surface area contributed by atoms with Crippen LogP contribution in [0.3, 0.4) is 0 Å². The number of amides is 3. The summed E-state index contributed by atoms with van der Waals surface area (Å²) in [4.78, 5) is 36.5. The van der Waals surface area contributed by atoms with E-state index in [1.54, 1.807) is 17.0 Å². The molecule has 0 bridgehead atoms. The fourth-order valence-electron chi connectivity index (χ4n) is 2.81. The fourth-order valence-corrected chi connectivity index (χ4v) is 2.81. The molecule has 1 aliphatic heterocycles. The number of likely N-dealkylation sites (tertiary alicyclic amines) is 1. The van der Waals surface area contributed by atoms with Crippen LogP contribution in [-0.4, -0.2) is 40.9 Å². The summed E-state index contributed by atoms with van der Waals surface area (Å²) in [5.74, 6) is -0.471. The molecule has 2 N–H and O–H groups in total. The van der Waals surface area contributed by atoms with Gasteiger partial charge >= 0.3 is 6.03 Å². The molecule has 1 aromatic carbocycles. The SMILES string of the molecule is O=C(Nc1ccccc1[N+](=O)[O-])C1CCN(C(=O)NC2CC2)CC1. The maximum atomic E-state index is 12.4. The lowest BCUT2D eigenvalue weighted by Gasteiger charge is -2.31. The molecule has 0 unspecified atom stereocenters. The normalized spacial score (nSPS) is 18.1. The topological polar surface area (TPSA) is 105 Å². The van der Waals surface area contributed by atoms with Gasteiger partial charge in [-0.1, -0.05) is 12.1 Å². The number of rotatable bonds is 4. The molecule has 0 atom stereocenters. The maximum Gasteiger partial charge on any atom is 0.317 e. The van der Waals surface area contributed by atoms with Gasteiger partial charge in [0.05, 0.1) is 4.92 Å². The Morgan fingerprint density at radius 3 is 2.42 bits per heavy atom. The van der Waals surface area contributed by atoms with Gasteiger partial charge < -0.3 is 15.5 Å². The van der Waals surface area contributed by atoms with E-state index in [2.05, 4.69) is 10.6 Å². The van der Waals surface area contributed by atoms with Crippen LogP contribution in [0.15, 0.2) is 24.3 Å². The van der Waals surface area contributed by atoms with Crippen LogP contribution >= 0.6 is 0 Å². The molecule has 1 saturated carbocycles. The average Bonchev–Trinajstić information content (AvgIpc) is 3.39. The molecule has 1 aliphatic carbocycles. The van der Waals surface area contributed by atoms with Gasteiger partial charge in [-0.05, 0) is 31.7 Å². The molecule has 2 fully saturated rings. The molecular formula is C16H20N4O4.